The molecule has 0 aliphatic heterocycles. The second kappa shape index (κ2) is 4.25. The van der Waals surface area contributed by atoms with Crippen molar-refractivity contribution in [3.05, 3.63) is 28.3 Å². The summed E-state index contributed by atoms with van der Waals surface area (Å²) in [6.45, 7) is -1.28. The molecule has 2 nitrogen and oxygen atoms in total. The predicted molar refractivity (Wildman–Crippen MR) is 47.5 cm³/mol. The van der Waals surface area contributed by atoms with Crippen molar-refractivity contribution in [2.24, 2.45) is 0 Å². The lowest BCUT2D eigenvalue weighted by Gasteiger charge is -2.08. The quantitative estimate of drug-likeness (QED) is 0.763. The topological polar surface area (TPSA) is 33.0 Å². The average Bonchev–Trinajstić information content (AvgIpc) is 2.11. The Morgan fingerprint density at radius 1 is 1.50 bits per heavy atom. The molecule has 0 N–H and O–H groups in total. The summed E-state index contributed by atoms with van der Waals surface area (Å²) in [5.74, 6) is -0.196. The van der Waals surface area contributed by atoms with Crippen LogP contribution in [0.15, 0.2) is 12.1 Å². The van der Waals surface area contributed by atoms with Gasteiger partial charge in [-0.2, -0.15) is 14.0 Å². The zero-order valence-electron chi connectivity index (χ0n) is 7.22. The number of alkyl halides is 2. The first-order valence-electron chi connectivity index (χ1n) is 3.70. The maximum absolute atomic E-state index is 11.9. The van der Waals surface area contributed by atoms with Crippen molar-refractivity contribution in [2.45, 2.75) is 13.5 Å². The van der Waals surface area contributed by atoms with E-state index in [9.17, 15) is 8.78 Å². The third-order valence-electron chi connectivity index (χ3n) is 1.62. The van der Waals surface area contributed by atoms with Gasteiger partial charge in [0.05, 0.1) is 5.02 Å². The maximum atomic E-state index is 11.9. The molecule has 0 atom stereocenters. The van der Waals surface area contributed by atoms with Crippen LogP contribution in [0.2, 0.25) is 5.02 Å². The molecule has 0 saturated carbocycles. The van der Waals surface area contributed by atoms with Crippen LogP contribution in [0.5, 0.6) is 5.75 Å². The number of benzene rings is 1. The smallest absolute Gasteiger partial charge is 0.387 e. The summed E-state index contributed by atoms with van der Waals surface area (Å²) in [7, 11) is 0. The highest BCUT2D eigenvalue weighted by atomic mass is 35.5. The van der Waals surface area contributed by atoms with E-state index in [1.54, 1.807) is 13.0 Å². The van der Waals surface area contributed by atoms with Crippen LogP contribution in [0.25, 0.3) is 0 Å². The third kappa shape index (κ3) is 2.12. The third-order valence-corrected chi connectivity index (χ3v) is 2.11. The molecule has 1 aromatic rings. The minimum Gasteiger partial charge on any atom is -0.433 e. The number of halogens is 3. The van der Waals surface area contributed by atoms with Gasteiger partial charge in [-0.15, -0.1) is 0 Å². The predicted octanol–water partition coefficient (Wildman–Crippen LogP) is 3.12. The molecular weight excluding hydrogens is 212 g/mol. The maximum Gasteiger partial charge on any atom is 0.387 e. The molecule has 0 radical (unpaired) electrons. The van der Waals surface area contributed by atoms with Crippen LogP contribution < -0.4 is 4.74 Å². The number of nitriles is 1. The van der Waals surface area contributed by atoms with Gasteiger partial charge >= 0.3 is 6.61 Å². The van der Waals surface area contributed by atoms with Gasteiger partial charge in [0.2, 0.25) is 0 Å². The molecule has 14 heavy (non-hydrogen) atoms. The van der Waals surface area contributed by atoms with Gasteiger partial charge in [0.25, 0.3) is 0 Å². The van der Waals surface area contributed by atoms with E-state index in [4.69, 9.17) is 16.9 Å². The zero-order chi connectivity index (χ0) is 10.7. The van der Waals surface area contributed by atoms with Crippen molar-refractivity contribution < 1.29 is 13.5 Å². The van der Waals surface area contributed by atoms with Crippen molar-refractivity contribution >= 4 is 11.6 Å². The number of hydrogen-bond donors (Lipinski definition) is 0. The monoisotopic (exact) mass is 217 g/mol. The lowest BCUT2D eigenvalue weighted by Crippen LogP contribution is -2.04. The van der Waals surface area contributed by atoms with E-state index >= 15 is 0 Å². The molecule has 74 valence electrons. The Kier molecular flexibility index (Phi) is 3.26. The van der Waals surface area contributed by atoms with Crippen LogP contribution in [-0.2, 0) is 0 Å². The van der Waals surface area contributed by atoms with E-state index < -0.39 is 6.61 Å². The lowest BCUT2D eigenvalue weighted by molar-refractivity contribution is -0.0500. The first-order chi connectivity index (χ1) is 6.56. The van der Waals surface area contributed by atoms with Crippen molar-refractivity contribution in [1.82, 2.24) is 0 Å². The molecule has 1 aromatic carbocycles. The van der Waals surface area contributed by atoms with Crippen molar-refractivity contribution in [3.8, 4) is 11.8 Å². The van der Waals surface area contributed by atoms with Crippen molar-refractivity contribution in [2.75, 3.05) is 0 Å². The summed E-state index contributed by atoms with van der Waals surface area (Å²) in [6, 6.07) is 4.53. The van der Waals surface area contributed by atoms with Crippen LogP contribution in [0, 0.1) is 18.3 Å². The molecule has 0 saturated heterocycles. The van der Waals surface area contributed by atoms with Gasteiger partial charge in [-0.3, -0.25) is 0 Å². The molecule has 0 heterocycles. The molecule has 0 spiro atoms. The number of ether oxygens (including phenoxy) is 1. The van der Waals surface area contributed by atoms with E-state index in [0.717, 1.165) is 0 Å². The van der Waals surface area contributed by atoms with Gasteiger partial charge in [-0.1, -0.05) is 17.7 Å². The molecule has 0 aromatic heterocycles. The van der Waals surface area contributed by atoms with E-state index in [1.807, 2.05) is 0 Å². The molecule has 0 bridgehead atoms. The Morgan fingerprint density at radius 2 is 2.14 bits per heavy atom. The Balaban J connectivity index is 3.19. The van der Waals surface area contributed by atoms with E-state index in [0.29, 0.717) is 5.56 Å². The van der Waals surface area contributed by atoms with E-state index in [-0.39, 0.29) is 16.3 Å². The second-order valence-corrected chi connectivity index (χ2v) is 2.94. The fourth-order valence-electron chi connectivity index (χ4n) is 0.961. The first-order valence-corrected chi connectivity index (χ1v) is 4.08. The largest absolute Gasteiger partial charge is 0.433 e. The molecule has 0 fully saturated rings. The summed E-state index contributed by atoms with van der Waals surface area (Å²) < 4.78 is 27.9. The van der Waals surface area contributed by atoms with Gasteiger partial charge in [-0.25, -0.2) is 0 Å². The van der Waals surface area contributed by atoms with Crippen molar-refractivity contribution in [3.63, 3.8) is 0 Å². The number of nitrogens with zero attached hydrogens (tertiary/aromatic N) is 1. The van der Waals surface area contributed by atoms with Gasteiger partial charge in [-0.05, 0) is 18.6 Å². The molecule has 1 rings (SSSR count). The van der Waals surface area contributed by atoms with Crippen LogP contribution in [0.1, 0.15) is 11.1 Å². The standard InChI is InChI=1S/C9H6ClF2NO/c1-5-2-3-7(14-9(11)12)6(4-13)8(5)10/h2-3,9H,1H3. The van der Waals surface area contributed by atoms with E-state index in [2.05, 4.69) is 4.74 Å². The Morgan fingerprint density at radius 3 is 2.64 bits per heavy atom. The highest BCUT2D eigenvalue weighted by Gasteiger charge is 2.13. The second-order valence-electron chi connectivity index (χ2n) is 2.56. The molecule has 0 aliphatic rings. The van der Waals surface area contributed by atoms with Crippen molar-refractivity contribution in [1.29, 1.82) is 5.26 Å². The minimum atomic E-state index is -2.96. The number of hydrogen-bond acceptors (Lipinski definition) is 2. The van der Waals surface area contributed by atoms with Gasteiger partial charge in [0.15, 0.2) is 0 Å². The highest BCUT2D eigenvalue weighted by molar-refractivity contribution is 6.32. The summed E-state index contributed by atoms with van der Waals surface area (Å²) in [6.07, 6.45) is 0. The van der Waals surface area contributed by atoms with Crippen LogP contribution >= 0.6 is 11.6 Å². The molecule has 0 amide bonds. The normalized spacial score (nSPS) is 10.0. The summed E-state index contributed by atoms with van der Waals surface area (Å²) in [5.41, 5.74) is 0.580. The average molecular weight is 218 g/mol. The van der Waals surface area contributed by atoms with Gasteiger partial charge in [0, 0.05) is 0 Å². The fraction of sp³-hybridized carbons (Fsp3) is 0.222. The Labute approximate surface area is 84.7 Å². The molecule has 0 aliphatic carbocycles. The molecular formula is C9H6ClF2NO. The molecule has 0 unspecified atom stereocenters. The van der Waals surface area contributed by atoms with Gasteiger partial charge < -0.3 is 4.74 Å². The minimum absolute atomic E-state index is 0.0630. The van der Waals surface area contributed by atoms with E-state index in [1.165, 1.54) is 12.1 Å². The number of rotatable bonds is 2. The summed E-state index contributed by atoms with van der Waals surface area (Å²) in [5, 5.41) is 8.82. The molecule has 5 heteroatoms. The fourth-order valence-corrected chi connectivity index (χ4v) is 1.16. The number of aryl methyl sites for hydroxylation is 1. The Hall–Kier alpha value is -1.34. The zero-order valence-corrected chi connectivity index (χ0v) is 7.98. The SMILES string of the molecule is Cc1ccc(OC(F)F)c(C#N)c1Cl. The van der Waals surface area contributed by atoms with Crippen LogP contribution in [0.4, 0.5) is 8.78 Å². The Bertz CT molecular complexity index is 387. The lowest BCUT2D eigenvalue weighted by atomic mass is 10.1. The van der Waals surface area contributed by atoms with Gasteiger partial charge in [0.1, 0.15) is 17.4 Å². The van der Waals surface area contributed by atoms with Crippen LogP contribution in [0.3, 0.4) is 0 Å². The van der Waals surface area contributed by atoms with Crippen LogP contribution in [-0.4, -0.2) is 6.61 Å². The highest BCUT2D eigenvalue weighted by Crippen LogP contribution is 2.29. The first kappa shape index (κ1) is 10.7. The summed E-state index contributed by atoms with van der Waals surface area (Å²) in [4.78, 5) is 0. The summed E-state index contributed by atoms with van der Waals surface area (Å²) >= 11 is 5.73.